The summed E-state index contributed by atoms with van der Waals surface area (Å²) in [6, 6.07) is 5.28. The van der Waals surface area contributed by atoms with Gasteiger partial charge in [0.25, 0.3) is 0 Å². The SMILES string of the molecule is [O-][n+]1cc(O)cc(CCCc2ccc(Cl)c(C(F)(F)F)c2)c1. The Labute approximate surface area is 130 Å². The van der Waals surface area contributed by atoms with Gasteiger partial charge in [0.2, 0.25) is 6.20 Å². The molecule has 118 valence electrons. The van der Waals surface area contributed by atoms with Crippen molar-refractivity contribution < 1.29 is 23.0 Å². The molecule has 0 spiro atoms. The molecule has 0 amide bonds. The number of halogens is 4. The molecule has 0 bridgehead atoms. The number of alkyl halides is 3. The van der Waals surface area contributed by atoms with E-state index in [9.17, 15) is 23.5 Å². The molecule has 7 heteroatoms. The van der Waals surface area contributed by atoms with Gasteiger partial charge in [-0.25, -0.2) is 0 Å². The average Bonchev–Trinajstić information content (AvgIpc) is 2.38. The fourth-order valence-electron chi connectivity index (χ4n) is 2.17. The summed E-state index contributed by atoms with van der Waals surface area (Å²) in [7, 11) is 0. The van der Waals surface area contributed by atoms with Crippen LogP contribution < -0.4 is 4.73 Å². The molecule has 0 saturated carbocycles. The van der Waals surface area contributed by atoms with Crippen LogP contribution in [0.2, 0.25) is 5.02 Å². The lowest BCUT2D eigenvalue weighted by Gasteiger charge is -2.11. The van der Waals surface area contributed by atoms with E-state index in [0.717, 1.165) is 12.3 Å². The third-order valence-corrected chi connectivity index (χ3v) is 3.48. The highest BCUT2D eigenvalue weighted by atomic mass is 35.5. The van der Waals surface area contributed by atoms with Crippen LogP contribution in [0.4, 0.5) is 13.2 Å². The Morgan fingerprint density at radius 3 is 2.41 bits per heavy atom. The third kappa shape index (κ3) is 4.27. The van der Waals surface area contributed by atoms with Crippen LogP contribution in [-0.2, 0) is 19.0 Å². The van der Waals surface area contributed by atoms with Gasteiger partial charge in [0.15, 0.2) is 11.9 Å². The molecule has 3 nitrogen and oxygen atoms in total. The highest BCUT2D eigenvalue weighted by Gasteiger charge is 2.33. The van der Waals surface area contributed by atoms with E-state index in [-0.39, 0.29) is 10.8 Å². The second-order valence-electron chi connectivity index (χ2n) is 4.93. The van der Waals surface area contributed by atoms with E-state index in [2.05, 4.69) is 0 Å². The number of pyridine rings is 1. The number of nitrogens with zero attached hydrogens (tertiary/aromatic N) is 1. The summed E-state index contributed by atoms with van der Waals surface area (Å²) in [5.74, 6) is -0.140. The molecule has 0 unspecified atom stereocenters. The smallest absolute Gasteiger partial charge is 0.417 e. The molecule has 1 aromatic heterocycles. The van der Waals surface area contributed by atoms with Gasteiger partial charge < -0.3 is 10.3 Å². The first-order valence-corrected chi connectivity index (χ1v) is 6.91. The van der Waals surface area contributed by atoms with E-state index in [1.165, 1.54) is 18.3 Å². The standard InChI is InChI=1S/C15H13ClF3NO2/c16-14-5-4-10(7-13(14)15(17,18)19)2-1-3-11-6-12(21)9-20(22)8-11/h4-9,21H,1-3H2. The van der Waals surface area contributed by atoms with E-state index < -0.39 is 11.7 Å². The van der Waals surface area contributed by atoms with E-state index in [1.54, 1.807) is 6.07 Å². The zero-order valence-electron chi connectivity index (χ0n) is 11.4. The van der Waals surface area contributed by atoms with Crippen LogP contribution in [0.1, 0.15) is 23.1 Å². The van der Waals surface area contributed by atoms with Crippen molar-refractivity contribution in [1.29, 1.82) is 0 Å². The first-order chi connectivity index (χ1) is 10.3. The number of hydrogen-bond donors (Lipinski definition) is 1. The molecule has 0 aliphatic carbocycles. The van der Waals surface area contributed by atoms with Crippen molar-refractivity contribution in [1.82, 2.24) is 0 Å². The van der Waals surface area contributed by atoms with Gasteiger partial charge in [0.1, 0.15) is 0 Å². The van der Waals surface area contributed by atoms with Crippen LogP contribution in [0.3, 0.4) is 0 Å². The molecule has 0 saturated heterocycles. The minimum absolute atomic E-state index is 0.140. The fourth-order valence-corrected chi connectivity index (χ4v) is 2.40. The van der Waals surface area contributed by atoms with Gasteiger partial charge in [0.05, 0.1) is 10.6 Å². The van der Waals surface area contributed by atoms with Gasteiger partial charge in [-0.3, -0.25) is 0 Å². The third-order valence-electron chi connectivity index (χ3n) is 3.15. The Kier molecular flexibility index (Phi) is 4.81. The molecular weight excluding hydrogens is 319 g/mol. The Bertz CT molecular complexity index is 654. The van der Waals surface area contributed by atoms with Crippen molar-refractivity contribution in [2.24, 2.45) is 0 Å². The van der Waals surface area contributed by atoms with Gasteiger partial charge >= 0.3 is 6.18 Å². The van der Waals surface area contributed by atoms with Crippen LogP contribution in [0.15, 0.2) is 36.7 Å². The summed E-state index contributed by atoms with van der Waals surface area (Å²) in [6.07, 6.45) is -0.703. The van der Waals surface area contributed by atoms with E-state index in [0.29, 0.717) is 35.1 Å². The number of rotatable bonds is 4. The number of aryl methyl sites for hydroxylation is 2. The summed E-state index contributed by atoms with van der Waals surface area (Å²) in [6.45, 7) is 0. The molecule has 1 heterocycles. The Morgan fingerprint density at radius 2 is 1.77 bits per heavy atom. The van der Waals surface area contributed by atoms with Crippen LogP contribution in [-0.4, -0.2) is 5.11 Å². The number of hydrogen-bond acceptors (Lipinski definition) is 2. The first kappa shape index (κ1) is 16.4. The Morgan fingerprint density at radius 1 is 1.09 bits per heavy atom. The van der Waals surface area contributed by atoms with Gasteiger partial charge in [-0.05, 0) is 43.0 Å². The largest absolute Gasteiger partial charge is 0.619 e. The maximum absolute atomic E-state index is 12.8. The summed E-state index contributed by atoms with van der Waals surface area (Å²) < 4.78 is 38.8. The summed E-state index contributed by atoms with van der Waals surface area (Å²) in [4.78, 5) is 0. The number of aromatic nitrogens is 1. The van der Waals surface area contributed by atoms with E-state index in [1.807, 2.05) is 0 Å². The van der Waals surface area contributed by atoms with Crippen molar-refractivity contribution in [3.05, 3.63) is 63.6 Å². The average molecular weight is 332 g/mol. The molecule has 1 N–H and O–H groups in total. The lowest BCUT2D eigenvalue weighted by Crippen LogP contribution is -2.24. The van der Waals surface area contributed by atoms with Crippen molar-refractivity contribution in [2.45, 2.75) is 25.4 Å². The van der Waals surface area contributed by atoms with E-state index in [4.69, 9.17) is 11.6 Å². The topological polar surface area (TPSA) is 47.2 Å². The van der Waals surface area contributed by atoms with Gasteiger partial charge in [-0.1, -0.05) is 17.7 Å². The van der Waals surface area contributed by atoms with Gasteiger partial charge in [-0.15, -0.1) is 0 Å². The molecule has 2 aromatic rings. The second-order valence-corrected chi connectivity index (χ2v) is 5.33. The summed E-state index contributed by atoms with van der Waals surface area (Å²) >= 11 is 5.56. The lowest BCUT2D eigenvalue weighted by atomic mass is 10.0. The highest BCUT2D eigenvalue weighted by molar-refractivity contribution is 6.31. The Balaban J connectivity index is 2.03. The normalized spacial score (nSPS) is 11.6. The molecule has 0 aliphatic heterocycles. The second kappa shape index (κ2) is 6.44. The van der Waals surface area contributed by atoms with Crippen LogP contribution in [0, 0.1) is 5.21 Å². The summed E-state index contributed by atoms with van der Waals surface area (Å²) in [5.41, 5.74) is 0.299. The predicted octanol–water partition coefficient (Wildman–Crippen LogP) is 3.87. The quantitative estimate of drug-likeness (QED) is 0.683. The molecule has 0 atom stereocenters. The number of aromatic hydroxyl groups is 1. The lowest BCUT2D eigenvalue weighted by molar-refractivity contribution is -0.606. The predicted molar refractivity (Wildman–Crippen MR) is 75.5 cm³/mol. The molecular formula is C15H13ClF3NO2. The fraction of sp³-hybridized carbons (Fsp3) is 0.267. The zero-order chi connectivity index (χ0) is 16.3. The Hall–Kier alpha value is -1.95. The monoisotopic (exact) mass is 331 g/mol. The van der Waals surface area contributed by atoms with Gasteiger partial charge in [-0.2, -0.15) is 17.9 Å². The van der Waals surface area contributed by atoms with Crippen molar-refractivity contribution in [3.8, 4) is 5.75 Å². The maximum atomic E-state index is 12.8. The van der Waals surface area contributed by atoms with E-state index >= 15 is 0 Å². The maximum Gasteiger partial charge on any atom is 0.417 e. The minimum atomic E-state index is -4.48. The zero-order valence-corrected chi connectivity index (χ0v) is 12.2. The minimum Gasteiger partial charge on any atom is -0.619 e. The molecule has 0 radical (unpaired) electrons. The molecule has 22 heavy (non-hydrogen) atoms. The van der Waals surface area contributed by atoms with Crippen molar-refractivity contribution in [2.75, 3.05) is 0 Å². The van der Waals surface area contributed by atoms with Crippen LogP contribution in [0.25, 0.3) is 0 Å². The molecule has 0 aliphatic rings. The first-order valence-electron chi connectivity index (χ1n) is 6.53. The molecule has 1 aromatic carbocycles. The number of benzene rings is 1. The van der Waals surface area contributed by atoms with Crippen LogP contribution in [0.5, 0.6) is 5.75 Å². The van der Waals surface area contributed by atoms with Crippen molar-refractivity contribution >= 4 is 11.6 Å². The molecule has 0 fully saturated rings. The van der Waals surface area contributed by atoms with Crippen molar-refractivity contribution in [3.63, 3.8) is 0 Å². The van der Waals surface area contributed by atoms with Crippen LogP contribution >= 0.6 is 11.6 Å². The van der Waals surface area contributed by atoms with Gasteiger partial charge in [0, 0.05) is 5.56 Å². The highest BCUT2D eigenvalue weighted by Crippen LogP contribution is 2.35. The molecule has 2 rings (SSSR count). The summed E-state index contributed by atoms with van der Waals surface area (Å²) in [5, 5.41) is 20.1.